The van der Waals surface area contributed by atoms with Gasteiger partial charge in [0.25, 0.3) is 10.1 Å². The number of ether oxygens (including phenoxy) is 1. The molecule has 0 amide bonds. The normalized spacial score (nSPS) is 11.0. The van der Waals surface area contributed by atoms with Crippen LogP contribution in [0, 0.1) is 0 Å². The fourth-order valence-electron chi connectivity index (χ4n) is 1.62. The van der Waals surface area contributed by atoms with E-state index in [1.165, 1.54) is 12.1 Å². The summed E-state index contributed by atoms with van der Waals surface area (Å²) < 4.78 is 36.9. The van der Waals surface area contributed by atoms with E-state index in [9.17, 15) is 8.42 Å². The van der Waals surface area contributed by atoms with E-state index in [0.717, 1.165) is 0 Å². The molecule has 1 radical (unpaired) electrons. The van der Waals surface area contributed by atoms with E-state index in [-0.39, 0.29) is 34.5 Å². The molecule has 0 saturated carbocycles. The summed E-state index contributed by atoms with van der Waals surface area (Å²) in [6.45, 7) is 2.28. The summed E-state index contributed by atoms with van der Waals surface area (Å²) in [4.78, 5) is 3.91. The van der Waals surface area contributed by atoms with Crippen LogP contribution in [0.5, 0.6) is 5.75 Å². The average molecular weight is 276 g/mol. The zero-order valence-corrected chi connectivity index (χ0v) is 12.9. The van der Waals surface area contributed by atoms with Crippen LogP contribution >= 0.6 is 0 Å². The maximum atomic E-state index is 11.2. The molecule has 1 N–H and O–H groups in total. The summed E-state index contributed by atoms with van der Waals surface area (Å²) >= 11 is 0. The van der Waals surface area contributed by atoms with Crippen LogP contribution in [-0.4, -0.2) is 54.1 Å². The van der Waals surface area contributed by atoms with Crippen molar-refractivity contribution in [1.29, 1.82) is 0 Å². The van der Waals surface area contributed by atoms with Crippen LogP contribution in [0.15, 0.2) is 35.4 Å². The molecule has 1 aromatic heterocycles. The van der Waals surface area contributed by atoms with Crippen molar-refractivity contribution in [3.8, 4) is 5.75 Å². The van der Waals surface area contributed by atoms with Crippen LogP contribution in [-0.2, 0) is 10.1 Å². The van der Waals surface area contributed by atoms with Gasteiger partial charge < -0.3 is 4.74 Å². The molecule has 1 aromatic carbocycles. The van der Waals surface area contributed by atoms with Gasteiger partial charge in [-0.1, -0.05) is 0 Å². The van der Waals surface area contributed by atoms with Crippen LogP contribution in [0.4, 0.5) is 0 Å². The summed E-state index contributed by atoms with van der Waals surface area (Å²) in [5.41, 5.74) is 0.421. The van der Waals surface area contributed by atoms with Gasteiger partial charge in [0.1, 0.15) is 16.2 Å². The van der Waals surface area contributed by atoms with Gasteiger partial charge in [0.05, 0.1) is 6.61 Å². The van der Waals surface area contributed by atoms with Crippen LogP contribution in [0.2, 0.25) is 0 Å². The van der Waals surface area contributed by atoms with Gasteiger partial charge >= 0.3 is 0 Å². The van der Waals surface area contributed by atoms with Crippen molar-refractivity contribution in [3.05, 3.63) is 30.5 Å². The molecule has 0 aliphatic heterocycles. The topological polar surface area (TPSA) is 76.5 Å². The Morgan fingerprint density at radius 3 is 2.67 bits per heavy atom. The van der Waals surface area contributed by atoms with Gasteiger partial charge in [-0.05, 0) is 31.2 Å². The number of rotatable bonds is 3. The minimum absolute atomic E-state index is 0. The third-order valence-corrected chi connectivity index (χ3v) is 3.18. The first kappa shape index (κ1) is 15.4. The third-order valence-electron chi connectivity index (χ3n) is 2.27. The van der Waals surface area contributed by atoms with Crippen LogP contribution < -0.4 is 4.74 Å². The molecule has 0 unspecified atom stereocenters. The summed E-state index contributed by atoms with van der Waals surface area (Å²) in [7, 11) is -4.26. The molecule has 5 nitrogen and oxygen atoms in total. The fraction of sp³-hybridized carbons (Fsp3) is 0.182. The Hall–Kier alpha value is -0.660. The van der Waals surface area contributed by atoms with Gasteiger partial charge in [0.15, 0.2) is 0 Å². The molecule has 0 saturated heterocycles. The quantitative estimate of drug-likeness (QED) is 0.679. The Morgan fingerprint density at radius 2 is 2.06 bits per heavy atom. The van der Waals surface area contributed by atoms with Crippen molar-refractivity contribution in [2.75, 3.05) is 6.61 Å². The zero-order valence-electron chi connectivity index (χ0n) is 10.1. The number of hydrogen-bond donors (Lipinski definition) is 1. The molecular formula is C11H11NNaO4S. The molecule has 0 spiro atoms. The Kier molecular flexibility index (Phi) is 5.12. The molecule has 0 fully saturated rings. The van der Waals surface area contributed by atoms with Crippen LogP contribution in [0.1, 0.15) is 6.92 Å². The van der Waals surface area contributed by atoms with Crippen molar-refractivity contribution in [2.45, 2.75) is 11.8 Å². The maximum absolute atomic E-state index is 11.2. The summed E-state index contributed by atoms with van der Waals surface area (Å²) in [6.07, 6.45) is 1.54. The van der Waals surface area contributed by atoms with Crippen LogP contribution in [0.3, 0.4) is 0 Å². The average Bonchev–Trinajstić information content (AvgIpc) is 2.28. The minimum atomic E-state index is -4.26. The second-order valence-electron chi connectivity index (χ2n) is 3.37. The van der Waals surface area contributed by atoms with Gasteiger partial charge in [-0.15, -0.1) is 0 Å². The number of pyridine rings is 1. The predicted molar refractivity (Wildman–Crippen MR) is 68.5 cm³/mol. The summed E-state index contributed by atoms with van der Waals surface area (Å²) in [6, 6.07) is 5.98. The second-order valence-corrected chi connectivity index (χ2v) is 4.76. The van der Waals surface area contributed by atoms with Crippen molar-refractivity contribution < 1.29 is 17.7 Å². The van der Waals surface area contributed by atoms with Gasteiger partial charge in [0.2, 0.25) is 0 Å². The molecule has 0 atom stereocenters. The van der Waals surface area contributed by atoms with E-state index in [2.05, 4.69) is 4.98 Å². The summed E-state index contributed by atoms with van der Waals surface area (Å²) in [5.74, 6) is 0.496. The van der Waals surface area contributed by atoms with E-state index >= 15 is 0 Å². The van der Waals surface area contributed by atoms with E-state index < -0.39 is 10.1 Å². The maximum Gasteiger partial charge on any atom is 0.295 e. The molecular weight excluding hydrogens is 265 g/mol. The van der Waals surface area contributed by atoms with E-state index in [0.29, 0.717) is 23.3 Å². The molecule has 2 aromatic rings. The minimum Gasteiger partial charge on any atom is -0.492 e. The third kappa shape index (κ3) is 3.02. The molecule has 0 aliphatic rings. The van der Waals surface area contributed by atoms with Crippen molar-refractivity contribution in [3.63, 3.8) is 0 Å². The molecule has 18 heavy (non-hydrogen) atoms. The van der Waals surface area contributed by atoms with E-state index in [1.807, 2.05) is 6.92 Å². The van der Waals surface area contributed by atoms with Crippen molar-refractivity contribution in [2.24, 2.45) is 0 Å². The van der Waals surface area contributed by atoms with Crippen LogP contribution in [0.25, 0.3) is 10.9 Å². The Balaban J connectivity index is 0.00000162. The van der Waals surface area contributed by atoms with Crippen molar-refractivity contribution >= 4 is 50.6 Å². The van der Waals surface area contributed by atoms with Gasteiger partial charge in [-0.2, -0.15) is 8.42 Å². The SMILES string of the molecule is CCOc1ccc(S(=O)(=O)O)c2cccnc12.[Na]. The first-order chi connectivity index (χ1) is 8.04. The standard InChI is InChI=1S/C11H11NO4S.Na/c1-2-16-9-5-6-10(17(13,14)15)8-4-3-7-12-11(8)9;/h3-7H,2H2,1H3,(H,13,14,15);. The largest absolute Gasteiger partial charge is 0.492 e. The first-order valence-corrected chi connectivity index (χ1v) is 6.46. The molecule has 2 rings (SSSR count). The first-order valence-electron chi connectivity index (χ1n) is 5.02. The zero-order chi connectivity index (χ0) is 12.5. The second kappa shape index (κ2) is 5.99. The molecule has 0 bridgehead atoms. The predicted octanol–water partition coefficient (Wildman–Crippen LogP) is 1.50. The molecule has 7 heteroatoms. The Bertz CT molecular complexity index is 657. The van der Waals surface area contributed by atoms with Gasteiger partial charge in [0, 0.05) is 41.1 Å². The molecule has 1 heterocycles. The van der Waals surface area contributed by atoms with E-state index in [1.54, 1.807) is 18.3 Å². The number of hydrogen-bond acceptors (Lipinski definition) is 4. The monoisotopic (exact) mass is 276 g/mol. The number of aromatic nitrogens is 1. The number of nitrogens with zero attached hydrogens (tertiary/aromatic N) is 1. The molecule has 91 valence electrons. The summed E-state index contributed by atoms with van der Waals surface area (Å²) in [5, 5.41) is 0.348. The Morgan fingerprint density at radius 1 is 1.33 bits per heavy atom. The molecule has 0 aliphatic carbocycles. The Labute approximate surface area is 127 Å². The fourth-order valence-corrected chi connectivity index (χ4v) is 2.30. The van der Waals surface area contributed by atoms with Gasteiger partial charge in [-0.3, -0.25) is 9.54 Å². The van der Waals surface area contributed by atoms with Crippen molar-refractivity contribution in [1.82, 2.24) is 4.98 Å². The number of fused-ring (bicyclic) bond motifs is 1. The van der Waals surface area contributed by atoms with E-state index in [4.69, 9.17) is 9.29 Å². The smallest absolute Gasteiger partial charge is 0.295 e. The number of benzene rings is 1. The van der Waals surface area contributed by atoms with Gasteiger partial charge in [-0.25, -0.2) is 0 Å².